The van der Waals surface area contributed by atoms with E-state index in [1.807, 2.05) is 0 Å². The van der Waals surface area contributed by atoms with Gasteiger partial charge in [0.25, 0.3) is 0 Å². The molecule has 1 aromatic carbocycles. The zero-order chi connectivity index (χ0) is 11.4. The molecule has 0 saturated heterocycles. The van der Waals surface area contributed by atoms with Crippen LogP contribution in [0.4, 0.5) is 0 Å². The van der Waals surface area contributed by atoms with Crippen LogP contribution in [0.25, 0.3) is 0 Å². The SMILES string of the molecule is CC(CCN)CN1CCc2ccccc2C1. The number of rotatable bonds is 4. The largest absolute Gasteiger partial charge is 0.330 e. The van der Waals surface area contributed by atoms with Crippen LogP contribution in [0, 0.1) is 5.92 Å². The van der Waals surface area contributed by atoms with Crippen LogP contribution < -0.4 is 5.73 Å². The predicted octanol–water partition coefficient (Wildman–Crippen LogP) is 2.03. The van der Waals surface area contributed by atoms with Gasteiger partial charge in [0, 0.05) is 19.6 Å². The molecule has 0 spiro atoms. The van der Waals surface area contributed by atoms with Crippen LogP contribution in [0.3, 0.4) is 0 Å². The van der Waals surface area contributed by atoms with Crippen LogP contribution >= 0.6 is 0 Å². The minimum atomic E-state index is 0.718. The zero-order valence-corrected chi connectivity index (χ0v) is 10.2. The second-order valence-electron chi connectivity index (χ2n) is 4.94. The highest BCUT2D eigenvalue weighted by Gasteiger charge is 2.16. The van der Waals surface area contributed by atoms with Gasteiger partial charge in [0.05, 0.1) is 0 Å². The van der Waals surface area contributed by atoms with E-state index in [9.17, 15) is 0 Å². The van der Waals surface area contributed by atoms with Gasteiger partial charge in [0.2, 0.25) is 0 Å². The van der Waals surface area contributed by atoms with Gasteiger partial charge < -0.3 is 5.73 Å². The van der Waals surface area contributed by atoms with Crippen LogP contribution in [-0.4, -0.2) is 24.5 Å². The maximum Gasteiger partial charge on any atom is 0.0236 e. The van der Waals surface area contributed by atoms with Gasteiger partial charge in [-0.3, -0.25) is 4.90 Å². The molecule has 1 aromatic rings. The van der Waals surface area contributed by atoms with Gasteiger partial charge in [-0.1, -0.05) is 31.2 Å². The van der Waals surface area contributed by atoms with E-state index in [4.69, 9.17) is 5.73 Å². The van der Waals surface area contributed by atoms with Crippen molar-refractivity contribution in [2.24, 2.45) is 11.7 Å². The Hall–Kier alpha value is -0.860. The summed E-state index contributed by atoms with van der Waals surface area (Å²) in [5, 5.41) is 0. The molecule has 2 rings (SSSR count). The maximum absolute atomic E-state index is 5.59. The van der Waals surface area contributed by atoms with Crippen LogP contribution in [0.1, 0.15) is 24.5 Å². The fourth-order valence-corrected chi connectivity index (χ4v) is 2.53. The molecule has 0 radical (unpaired) electrons. The highest BCUT2D eigenvalue weighted by Crippen LogP contribution is 2.19. The van der Waals surface area contributed by atoms with Gasteiger partial charge in [0.1, 0.15) is 0 Å². The van der Waals surface area contributed by atoms with Crippen molar-refractivity contribution in [3.05, 3.63) is 35.4 Å². The summed E-state index contributed by atoms with van der Waals surface area (Å²) in [4.78, 5) is 2.56. The van der Waals surface area contributed by atoms with Crippen molar-refractivity contribution in [3.8, 4) is 0 Å². The smallest absolute Gasteiger partial charge is 0.0236 e. The molecule has 2 heteroatoms. The fourth-order valence-electron chi connectivity index (χ4n) is 2.53. The van der Waals surface area contributed by atoms with Crippen LogP contribution in [0.2, 0.25) is 0 Å². The van der Waals surface area contributed by atoms with E-state index in [1.54, 1.807) is 0 Å². The molecular formula is C14H22N2. The first-order valence-corrected chi connectivity index (χ1v) is 6.29. The Bertz CT molecular complexity index is 335. The van der Waals surface area contributed by atoms with Crippen molar-refractivity contribution in [2.75, 3.05) is 19.6 Å². The zero-order valence-electron chi connectivity index (χ0n) is 10.2. The molecular weight excluding hydrogens is 196 g/mol. The van der Waals surface area contributed by atoms with Gasteiger partial charge in [-0.2, -0.15) is 0 Å². The lowest BCUT2D eigenvalue weighted by molar-refractivity contribution is 0.216. The van der Waals surface area contributed by atoms with Crippen LogP contribution in [0.5, 0.6) is 0 Å². The van der Waals surface area contributed by atoms with E-state index in [-0.39, 0.29) is 0 Å². The van der Waals surface area contributed by atoms with E-state index in [0.29, 0.717) is 0 Å². The van der Waals surface area contributed by atoms with Crippen molar-refractivity contribution < 1.29 is 0 Å². The van der Waals surface area contributed by atoms with Crippen molar-refractivity contribution in [1.29, 1.82) is 0 Å². The van der Waals surface area contributed by atoms with E-state index in [2.05, 4.69) is 36.1 Å². The fraction of sp³-hybridized carbons (Fsp3) is 0.571. The molecule has 2 nitrogen and oxygen atoms in total. The van der Waals surface area contributed by atoms with Crippen LogP contribution in [0.15, 0.2) is 24.3 Å². The predicted molar refractivity (Wildman–Crippen MR) is 68.3 cm³/mol. The Balaban J connectivity index is 1.92. The van der Waals surface area contributed by atoms with Gasteiger partial charge in [-0.15, -0.1) is 0 Å². The Labute approximate surface area is 98.4 Å². The summed E-state index contributed by atoms with van der Waals surface area (Å²) in [6.07, 6.45) is 2.34. The van der Waals surface area contributed by atoms with Gasteiger partial charge in [-0.25, -0.2) is 0 Å². The molecule has 0 aromatic heterocycles. The number of nitrogens with two attached hydrogens (primary N) is 1. The molecule has 1 unspecified atom stereocenters. The number of nitrogens with zero attached hydrogens (tertiary/aromatic N) is 1. The number of benzene rings is 1. The number of fused-ring (bicyclic) bond motifs is 1. The molecule has 1 aliphatic heterocycles. The highest BCUT2D eigenvalue weighted by molar-refractivity contribution is 5.28. The van der Waals surface area contributed by atoms with Crippen molar-refractivity contribution in [1.82, 2.24) is 4.90 Å². The van der Waals surface area contributed by atoms with Crippen molar-refractivity contribution in [3.63, 3.8) is 0 Å². The van der Waals surface area contributed by atoms with Crippen LogP contribution in [-0.2, 0) is 13.0 Å². The van der Waals surface area contributed by atoms with Gasteiger partial charge in [-0.05, 0) is 36.4 Å². The monoisotopic (exact) mass is 218 g/mol. The number of hydrogen-bond acceptors (Lipinski definition) is 2. The third kappa shape index (κ3) is 2.83. The third-order valence-corrected chi connectivity index (χ3v) is 3.44. The molecule has 1 heterocycles. The first kappa shape index (κ1) is 11.6. The van der Waals surface area contributed by atoms with Crippen molar-refractivity contribution >= 4 is 0 Å². The molecule has 1 atom stereocenters. The Morgan fingerprint density at radius 1 is 1.31 bits per heavy atom. The molecule has 2 N–H and O–H groups in total. The number of hydrogen-bond donors (Lipinski definition) is 1. The third-order valence-electron chi connectivity index (χ3n) is 3.44. The minimum Gasteiger partial charge on any atom is -0.330 e. The molecule has 0 amide bonds. The lowest BCUT2D eigenvalue weighted by Gasteiger charge is -2.30. The van der Waals surface area contributed by atoms with Gasteiger partial charge >= 0.3 is 0 Å². The average Bonchev–Trinajstić information content (AvgIpc) is 2.29. The summed E-state index contributed by atoms with van der Waals surface area (Å²) >= 11 is 0. The first-order valence-electron chi connectivity index (χ1n) is 6.29. The highest BCUT2D eigenvalue weighted by atomic mass is 15.1. The Kier molecular flexibility index (Phi) is 3.97. The lowest BCUT2D eigenvalue weighted by Crippen LogP contribution is -2.34. The topological polar surface area (TPSA) is 29.3 Å². The Morgan fingerprint density at radius 2 is 2.06 bits per heavy atom. The summed E-state index contributed by atoms with van der Waals surface area (Å²) in [6, 6.07) is 8.81. The second kappa shape index (κ2) is 5.46. The van der Waals surface area contributed by atoms with Crippen molar-refractivity contribution in [2.45, 2.75) is 26.3 Å². The van der Waals surface area contributed by atoms with Gasteiger partial charge in [0.15, 0.2) is 0 Å². The lowest BCUT2D eigenvalue weighted by atomic mass is 9.98. The summed E-state index contributed by atoms with van der Waals surface area (Å²) in [5.74, 6) is 0.718. The van der Waals surface area contributed by atoms with E-state index >= 15 is 0 Å². The quantitative estimate of drug-likeness (QED) is 0.838. The molecule has 16 heavy (non-hydrogen) atoms. The first-order chi connectivity index (χ1) is 7.79. The Morgan fingerprint density at radius 3 is 2.81 bits per heavy atom. The summed E-state index contributed by atoms with van der Waals surface area (Å²) in [5.41, 5.74) is 8.63. The van der Waals surface area contributed by atoms with E-state index in [0.717, 1.165) is 25.4 Å². The molecule has 0 saturated carbocycles. The van der Waals surface area contributed by atoms with E-state index in [1.165, 1.54) is 30.6 Å². The minimum absolute atomic E-state index is 0.718. The summed E-state index contributed by atoms with van der Waals surface area (Å²) in [7, 11) is 0. The molecule has 1 aliphatic rings. The maximum atomic E-state index is 5.59. The second-order valence-corrected chi connectivity index (χ2v) is 4.94. The normalized spacial score (nSPS) is 18.1. The standard InChI is InChI=1S/C14H22N2/c1-12(6-8-15)10-16-9-7-13-4-2-3-5-14(13)11-16/h2-5,12H,6-11,15H2,1H3. The molecule has 88 valence electrons. The molecule has 0 fully saturated rings. The molecule has 0 aliphatic carbocycles. The molecule has 0 bridgehead atoms. The summed E-state index contributed by atoms with van der Waals surface area (Å²) in [6.45, 7) is 6.61. The summed E-state index contributed by atoms with van der Waals surface area (Å²) < 4.78 is 0. The van der Waals surface area contributed by atoms with E-state index < -0.39 is 0 Å². The average molecular weight is 218 g/mol.